The van der Waals surface area contributed by atoms with Crippen LogP contribution in [-0.2, 0) is 4.79 Å². The molecule has 0 bridgehead atoms. The number of non-ortho nitro benzene ring substituents is 1. The van der Waals surface area contributed by atoms with Crippen LogP contribution in [0, 0.1) is 10.1 Å². The number of ketones is 1. The Hall–Kier alpha value is -1.91. The maximum absolute atomic E-state index is 10.7. The zero-order valence-corrected chi connectivity index (χ0v) is 7.88. The molecule has 5 heteroatoms. The predicted molar refractivity (Wildman–Crippen MR) is 51.8 cm³/mol. The maximum atomic E-state index is 10.7. The molecule has 0 spiro atoms. The third-order valence-corrected chi connectivity index (χ3v) is 2.24. The summed E-state index contributed by atoms with van der Waals surface area (Å²) in [6.07, 6.45) is 0.699. The molecule has 0 aliphatic heterocycles. The zero-order valence-electron chi connectivity index (χ0n) is 7.88. The Kier molecular flexibility index (Phi) is 2.37. The lowest BCUT2D eigenvalue weighted by molar-refractivity contribution is -0.384. The van der Waals surface area contributed by atoms with Gasteiger partial charge in [0.05, 0.1) is 11.0 Å². The summed E-state index contributed by atoms with van der Waals surface area (Å²) in [5.41, 5.74) is -0.00171. The van der Waals surface area contributed by atoms with Crippen molar-refractivity contribution in [2.45, 2.75) is 18.9 Å². The summed E-state index contributed by atoms with van der Waals surface area (Å²) >= 11 is 0. The highest BCUT2D eigenvalue weighted by Gasteiger charge is 2.28. The van der Waals surface area contributed by atoms with Crippen LogP contribution in [0.3, 0.4) is 0 Å². The predicted octanol–water partition coefficient (Wildman–Crippen LogP) is 1.71. The summed E-state index contributed by atoms with van der Waals surface area (Å²) in [7, 11) is 0. The van der Waals surface area contributed by atoms with E-state index in [4.69, 9.17) is 4.74 Å². The van der Waals surface area contributed by atoms with Gasteiger partial charge in [0.25, 0.3) is 5.69 Å². The second kappa shape index (κ2) is 3.68. The molecule has 0 heterocycles. The molecule has 1 fully saturated rings. The number of carbonyl (C=O) groups excluding carboxylic acids is 1. The summed E-state index contributed by atoms with van der Waals surface area (Å²) in [5.74, 6) is 0.618. The van der Waals surface area contributed by atoms with Crippen molar-refractivity contribution >= 4 is 11.5 Å². The lowest BCUT2D eigenvalue weighted by atomic mass is 9.94. The Morgan fingerprint density at radius 1 is 1.40 bits per heavy atom. The number of Topliss-reactive ketones (excluding diaryl/α,β-unsaturated/α-hetero) is 1. The molecule has 2 rings (SSSR count). The highest BCUT2D eigenvalue weighted by molar-refractivity contribution is 5.85. The molecule has 0 radical (unpaired) electrons. The van der Waals surface area contributed by atoms with Crippen molar-refractivity contribution in [1.29, 1.82) is 0 Å². The van der Waals surface area contributed by atoms with E-state index in [-0.39, 0.29) is 17.6 Å². The molecule has 1 saturated carbocycles. The molecule has 1 aromatic rings. The van der Waals surface area contributed by atoms with E-state index in [2.05, 4.69) is 0 Å². The van der Waals surface area contributed by atoms with Crippen LogP contribution < -0.4 is 4.74 Å². The van der Waals surface area contributed by atoms with Gasteiger partial charge >= 0.3 is 0 Å². The van der Waals surface area contributed by atoms with Gasteiger partial charge < -0.3 is 4.74 Å². The third-order valence-electron chi connectivity index (χ3n) is 2.24. The first kappa shape index (κ1) is 9.64. The second-order valence-corrected chi connectivity index (χ2v) is 3.44. The van der Waals surface area contributed by atoms with E-state index >= 15 is 0 Å². The van der Waals surface area contributed by atoms with Gasteiger partial charge in [0.15, 0.2) is 0 Å². The van der Waals surface area contributed by atoms with E-state index in [9.17, 15) is 14.9 Å². The maximum Gasteiger partial charge on any atom is 0.273 e. The minimum Gasteiger partial charge on any atom is -0.489 e. The van der Waals surface area contributed by atoms with Crippen molar-refractivity contribution in [3.63, 3.8) is 0 Å². The number of carbonyl (C=O) groups is 1. The minimum atomic E-state index is -0.473. The molecule has 0 aromatic heterocycles. The first-order valence-electron chi connectivity index (χ1n) is 4.58. The van der Waals surface area contributed by atoms with Gasteiger partial charge in [-0.15, -0.1) is 0 Å². The second-order valence-electron chi connectivity index (χ2n) is 3.44. The number of nitro groups is 1. The lowest BCUT2D eigenvalue weighted by Gasteiger charge is -2.24. The quantitative estimate of drug-likeness (QED) is 0.558. The molecule has 0 atom stereocenters. The van der Waals surface area contributed by atoms with Gasteiger partial charge in [-0.05, 0) is 6.07 Å². The van der Waals surface area contributed by atoms with Crippen LogP contribution in [0.2, 0.25) is 0 Å². The fourth-order valence-electron chi connectivity index (χ4n) is 1.39. The number of benzene rings is 1. The van der Waals surface area contributed by atoms with Crippen LogP contribution in [0.15, 0.2) is 24.3 Å². The number of rotatable bonds is 3. The molecule has 1 aliphatic carbocycles. The third kappa shape index (κ3) is 2.12. The number of nitrogens with zero attached hydrogens (tertiary/aromatic N) is 1. The molecule has 1 aliphatic rings. The normalized spacial score (nSPS) is 15.9. The number of nitro benzene ring substituents is 1. The molecule has 0 saturated heterocycles. The first-order chi connectivity index (χ1) is 7.15. The van der Waals surface area contributed by atoms with Gasteiger partial charge in [0.1, 0.15) is 17.6 Å². The first-order valence-corrected chi connectivity index (χ1v) is 4.58. The zero-order chi connectivity index (χ0) is 10.8. The largest absolute Gasteiger partial charge is 0.489 e. The molecule has 1 aromatic carbocycles. The fraction of sp³-hybridized carbons (Fsp3) is 0.300. The highest BCUT2D eigenvalue weighted by Crippen LogP contribution is 2.25. The van der Waals surface area contributed by atoms with Crippen molar-refractivity contribution in [3.8, 4) is 5.75 Å². The Morgan fingerprint density at radius 2 is 2.13 bits per heavy atom. The summed E-state index contributed by atoms with van der Waals surface area (Å²) in [6.45, 7) is 0. The summed E-state index contributed by atoms with van der Waals surface area (Å²) in [5, 5.41) is 10.5. The Morgan fingerprint density at radius 3 is 2.73 bits per heavy atom. The minimum absolute atomic E-state index is 0.00171. The molecule has 15 heavy (non-hydrogen) atoms. The molecular weight excluding hydrogens is 198 g/mol. The van der Waals surface area contributed by atoms with E-state index in [1.807, 2.05) is 0 Å². The topological polar surface area (TPSA) is 69.4 Å². The van der Waals surface area contributed by atoms with Crippen molar-refractivity contribution in [2.75, 3.05) is 0 Å². The van der Waals surface area contributed by atoms with E-state index in [1.54, 1.807) is 12.1 Å². The lowest BCUT2D eigenvalue weighted by Crippen LogP contribution is -2.33. The summed E-state index contributed by atoms with van der Waals surface area (Å²) in [4.78, 5) is 20.7. The standard InChI is InChI=1S/C10H9NO4/c12-8-5-10(6-8)15-9-3-1-2-7(4-9)11(13)14/h1-4,10H,5-6H2. The summed E-state index contributed by atoms with van der Waals surface area (Å²) in [6, 6.07) is 5.98. The molecule has 0 amide bonds. The number of ether oxygens (including phenoxy) is 1. The molecule has 0 unspecified atom stereocenters. The fourth-order valence-corrected chi connectivity index (χ4v) is 1.39. The van der Waals surface area contributed by atoms with Gasteiger partial charge in [-0.1, -0.05) is 6.07 Å². The number of hydrogen-bond donors (Lipinski definition) is 0. The van der Waals surface area contributed by atoms with E-state index in [0.717, 1.165) is 0 Å². The Balaban J connectivity index is 2.05. The average Bonchev–Trinajstić information content (AvgIpc) is 2.16. The van der Waals surface area contributed by atoms with Crippen LogP contribution in [0.1, 0.15) is 12.8 Å². The van der Waals surface area contributed by atoms with Crippen molar-refractivity contribution in [2.24, 2.45) is 0 Å². The van der Waals surface area contributed by atoms with E-state index in [1.165, 1.54) is 12.1 Å². The van der Waals surface area contributed by atoms with Crippen LogP contribution in [0.25, 0.3) is 0 Å². The van der Waals surface area contributed by atoms with Gasteiger partial charge in [-0.2, -0.15) is 0 Å². The van der Waals surface area contributed by atoms with Gasteiger partial charge in [0, 0.05) is 18.9 Å². The molecule has 0 N–H and O–H groups in total. The SMILES string of the molecule is O=C1CC(Oc2cccc([N+](=O)[O-])c2)C1. The molecule has 78 valence electrons. The van der Waals surface area contributed by atoms with Gasteiger partial charge in [0.2, 0.25) is 0 Å². The van der Waals surface area contributed by atoms with E-state index < -0.39 is 4.92 Å². The van der Waals surface area contributed by atoms with Gasteiger partial charge in [-0.3, -0.25) is 14.9 Å². The van der Waals surface area contributed by atoms with E-state index in [0.29, 0.717) is 18.6 Å². The highest BCUT2D eigenvalue weighted by atomic mass is 16.6. The van der Waals surface area contributed by atoms with Crippen LogP contribution in [-0.4, -0.2) is 16.8 Å². The summed E-state index contributed by atoms with van der Waals surface area (Å²) < 4.78 is 5.39. The number of hydrogen-bond acceptors (Lipinski definition) is 4. The Bertz CT molecular complexity index is 408. The Labute approximate surface area is 85.8 Å². The van der Waals surface area contributed by atoms with Gasteiger partial charge in [-0.25, -0.2) is 0 Å². The molecular formula is C10H9NO4. The van der Waals surface area contributed by atoms with Crippen molar-refractivity contribution < 1.29 is 14.5 Å². The monoisotopic (exact) mass is 207 g/mol. The average molecular weight is 207 g/mol. The van der Waals surface area contributed by atoms with Crippen molar-refractivity contribution in [1.82, 2.24) is 0 Å². The smallest absolute Gasteiger partial charge is 0.273 e. The van der Waals surface area contributed by atoms with Crippen LogP contribution >= 0.6 is 0 Å². The van der Waals surface area contributed by atoms with Crippen LogP contribution in [0.5, 0.6) is 5.75 Å². The van der Waals surface area contributed by atoms with Crippen LogP contribution in [0.4, 0.5) is 5.69 Å². The van der Waals surface area contributed by atoms with Crippen molar-refractivity contribution in [3.05, 3.63) is 34.4 Å². The molecule has 5 nitrogen and oxygen atoms in total.